The lowest BCUT2D eigenvalue weighted by molar-refractivity contribution is 0.0958. The van der Waals surface area contributed by atoms with Gasteiger partial charge in [0.1, 0.15) is 0 Å². The van der Waals surface area contributed by atoms with E-state index >= 15 is 0 Å². The van der Waals surface area contributed by atoms with Crippen LogP contribution in [-0.4, -0.2) is 86.3 Å². The zero-order valence-corrected chi connectivity index (χ0v) is 22.9. The van der Waals surface area contributed by atoms with Crippen LogP contribution in [0.2, 0.25) is 10.0 Å². The maximum Gasteiger partial charge on any atom is 0.0737 e. The first-order valence-corrected chi connectivity index (χ1v) is 13.3. The molecule has 0 aliphatic carbocycles. The van der Waals surface area contributed by atoms with E-state index in [1.165, 1.54) is 0 Å². The molecule has 0 bridgehead atoms. The second-order valence-corrected chi connectivity index (χ2v) is 9.99. The molecule has 0 amide bonds. The first-order chi connectivity index (χ1) is 18.0. The van der Waals surface area contributed by atoms with Gasteiger partial charge in [0.25, 0.3) is 0 Å². The molecule has 7 nitrogen and oxygen atoms in total. The van der Waals surface area contributed by atoms with Gasteiger partial charge in [-0.2, -0.15) is 0 Å². The Balaban J connectivity index is 1.07. The van der Waals surface area contributed by atoms with Gasteiger partial charge < -0.3 is 25.2 Å². The highest BCUT2D eigenvalue weighted by molar-refractivity contribution is 6.31. The van der Waals surface area contributed by atoms with E-state index in [9.17, 15) is 0 Å². The molecule has 2 aromatic carbocycles. The van der Waals surface area contributed by atoms with Gasteiger partial charge in [-0.15, -0.1) is 0 Å². The molecule has 4 aromatic rings. The van der Waals surface area contributed by atoms with Crippen LogP contribution in [0.1, 0.15) is 0 Å². The third kappa shape index (κ3) is 8.15. The fraction of sp³-hybridized carbons (Fsp3) is 0.357. The maximum atomic E-state index is 6.08. The maximum absolute atomic E-state index is 6.08. The molecule has 0 aliphatic rings. The number of aromatic nitrogens is 2. The smallest absolute Gasteiger partial charge is 0.0737 e. The molecular weight excluding hydrogens is 507 g/mol. The average molecular weight is 542 g/mol. The van der Waals surface area contributed by atoms with Crippen molar-refractivity contribution in [3.05, 3.63) is 71.0 Å². The van der Waals surface area contributed by atoms with E-state index < -0.39 is 0 Å². The molecule has 2 N–H and O–H groups in total. The van der Waals surface area contributed by atoms with Crippen LogP contribution < -0.4 is 10.6 Å². The third-order valence-corrected chi connectivity index (χ3v) is 6.73. The first kappa shape index (κ1) is 27.4. The Morgan fingerprint density at radius 2 is 1.14 bits per heavy atom. The van der Waals surface area contributed by atoms with Gasteiger partial charge in [0, 0.05) is 83.9 Å². The Morgan fingerprint density at radius 1 is 0.676 bits per heavy atom. The summed E-state index contributed by atoms with van der Waals surface area (Å²) < 4.78 is 5.88. The van der Waals surface area contributed by atoms with Crippen molar-refractivity contribution in [1.82, 2.24) is 19.8 Å². The van der Waals surface area contributed by atoms with Crippen molar-refractivity contribution in [1.29, 1.82) is 0 Å². The van der Waals surface area contributed by atoms with E-state index in [1.807, 2.05) is 60.9 Å². The summed E-state index contributed by atoms with van der Waals surface area (Å²) in [5, 5.41) is 10.6. The van der Waals surface area contributed by atoms with Gasteiger partial charge in [-0.3, -0.25) is 9.97 Å². The molecule has 0 atom stereocenters. The topological polar surface area (TPSA) is 65.6 Å². The highest BCUT2D eigenvalue weighted by atomic mass is 35.5. The van der Waals surface area contributed by atoms with Crippen LogP contribution in [0.15, 0.2) is 60.9 Å². The molecule has 0 aliphatic heterocycles. The summed E-state index contributed by atoms with van der Waals surface area (Å²) in [5.74, 6) is 0. The Hall–Kier alpha value is -2.68. The van der Waals surface area contributed by atoms with Gasteiger partial charge in [0.2, 0.25) is 0 Å². The quantitative estimate of drug-likeness (QED) is 0.205. The SMILES string of the molecule is CN(CCNc1ccnc2cc(Cl)ccc12)CCOCCN(C)CCNc1ccnc2cc(Cl)ccc12. The number of likely N-dealkylation sites (N-methyl/N-ethyl adjacent to an activating group) is 2. The van der Waals surface area contributed by atoms with E-state index in [4.69, 9.17) is 27.9 Å². The lowest BCUT2D eigenvalue weighted by Crippen LogP contribution is -2.31. The van der Waals surface area contributed by atoms with Gasteiger partial charge in [-0.1, -0.05) is 23.2 Å². The molecule has 0 fully saturated rings. The van der Waals surface area contributed by atoms with E-state index in [0.717, 1.165) is 72.4 Å². The number of benzene rings is 2. The summed E-state index contributed by atoms with van der Waals surface area (Å²) in [6, 6.07) is 15.6. The third-order valence-electron chi connectivity index (χ3n) is 6.26. The number of halogens is 2. The monoisotopic (exact) mass is 540 g/mol. The minimum Gasteiger partial charge on any atom is -0.383 e. The van der Waals surface area contributed by atoms with E-state index in [-0.39, 0.29) is 0 Å². The average Bonchev–Trinajstić information content (AvgIpc) is 2.88. The molecule has 4 rings (SSSR count). The molecule has 2 aromatic heterocycles. The van der Waals surface area contributed by atoms with Crippen LogP contribution in [0.5, 0.6) is 0 Å². The Kier molecular flexibility index (Phi) is 10.2. The predicted molar refractivity (Wildman–Crippen MR) is 156 cm³/mol. The van der Waals surface area contributed by atoms with Crippen molar-refractivity contribution >= 4 is 56.4 Å². The summed E-state index contributed by atoms with van der Waals surface area (Å²) in [4.78, 5) is 13.3. The van der Waals surface area contributed by atoms with Crippen molar-refractivity contribution < 1.29 is 4.74 Å². The molecule has 2 heterocycles. The van der Waals surface area contributed by atoms with Crippen molar-refractivity contribution in [3.63, 3.8) is 0 Å². The molecule has 9 heteroatoms. The van der Waals surface area contributed by atoms with E-state index in [2.05, 4.69) is 44.5 Å². The van der Waals surface area contributed by atoms with Crippen LogP contribution in [0, 0.1) is 0 Å². The number of hydrogen-bond donors (Lipinski definition) is 2. The Bertz CT molecular complexity index is 1210. The highest BCUT2D eigenvalue weighted by Crippen LogP contribution is 2.25. The number of ether oxygens (including phenoxy) is 1. The number of hydrogen-bond acceptors (Lipinski definition) is 7. The lowest BCUT2D eigenvalue weighted by atomic mass is 10.2. The van der Waals surface area contributed by atoms with Crippen LogP contribution >= 0.6 is 23.2 Å². The highest BCUT2D eigenvalue weighted by Gasteiger charge is 2.05. The van der Waals surface area contributed by atoms with Gasteiger partial charge in [0.05, 0.1) is 24.2 Å². The van der Waals surface area contributed by atoms with Gasteiger partial charge in [0.15, 0.2) is 0 Å². The van der Waals surface area contributed by atoms with Crippen LogP contribution in [-0.2, 0) is 4.74 Å². The van der Waals surface area contributed by atoms with Crippen LogP contribution in [0.25, 0.3) is 21.8 Å². The summed E-state index contributed by atoms with van der Waals surface area (Å²) in [7, 11) is 4.23. The molecular formula is C28H34Cl2N6O. The zero-order valence-electron chi connectivity index (χ0n) is 21.4. The lowest BCUT2D eigenvalue weighted by Gasteiger charge is -2.20. The number of nitrogens with one attached hydrogen (secondary N) is 2. The van der Waals surface area contributed by atoms with Crippen molar-refractivity contribution in [3.8, 4) is 0 Å². The van der Waals surface area contributed by atoms with Gasteiger partial charge in [-0.05, 0) is 62.6 Å². The molecule has 196 valence electrons. The second kappa shape index (κ2) is 13.7. The molecule has 0 unspecified atom stereocenters. The largest absolute Gasteiger partial charge is 0.383 e. The first-order valence-electron chi connectivity index (χ1n) is 12.5. The Labute approximate surface area is 228 Å². The van der Waals surface area contributed by atoms with Crippen LogP contribution in [0.4, 0.5) is 11.4 Å². The second-order valence-electron chi connectivity index (χ2n) is 9.11. The molecule has 0 saturated carbocycles. The minimum atomic E-state index is 0.699. The zero-order chi connectivity index (χ0) is 26.0. The van der Waals surface area contributed by atoms with Crippen molar-refractivity contribution in [2.24, 2.45) is 0 Å². The molecule has 37 heavy (non-hydrogen) atoms. The number of pyridine rings is 2. The number of fused-ring (bicyclic) bond motifs is 2. The summed E-state index contributed by atoms with van der Waals surface area (Å²) in [5.41, 5.74) is 3.95. The summed E-state index contributed by atoms with van der Waals surface area (Å²) >= 11 is 12.2. The van der Waals surface area contributed by atoms with Crippen molar-refractivity contribution in [2.75, 3.05) is 77.2 Å². The summed E-state index contributed by atoms with van der Waals surface area (Å²) in [6.45, 7) is 6.72. The minimum absolute atomic E-state index is 0.699. The fourth-order valence-corrected chi connectivity index (χ4v) is 4.41. The van der Waals surface area contributed by atoms with Crippen molar-refractivity contribution in [2.45, 2.75) is 0 Å². The fourth-order valence-electron chi connectivity index (χ4n) is 4.08. The van der Waals surface area contributed by atoms with E-state index in [1.54, 1.807) is 0 Å². The molecule has 0 saturated heterocycles. The molecule has 0 spiro atoms. The number of anilines is 2. The van der Waals surface area contributed by atoms with Crippen LogP contribution in [0.3, 0.4) is 0 Å². The standard InChI is InChI=1S/C28H34Cl2N6O/c1-35(13-11-33-25-7-9-31-27-19-21(29)3-5-23(25)27)15-17-37-18-16-36(2)14-12-34-26-8-10-32-28-20-22(30)4-6-24(26)28/h3-10,19-20H,11-18H2,1-2H3,(H,31,33)(H,32,34). The normalized spacial score (nSPS) is 11.6. The summed E-state index contributed by atoms with van der Waals surface area (Å²) in [6.07, 6.45) is 3.62. The van der Waals surface area contributed by atoms with Gasteiger partial charge >= 0.3 is 0 Å². The van der Waals surface area contributed by atoms with Gasteiger partial charge in [-0.25, -0.2) is 0 Å². The Morgan fingerprint density at radius 3 is 1.59 bits per heavy atom. The number of rotatable bonds is 14. The number of nitrogens with zero attached hydrogens (tertiary/aromatic N) is 4. The molecule has 0 radical (unpaired) electrons. The van der Waals surface area contributed by atoms with E-state index in [0.29, 0.717) is 23.3 Å². The predicted octanol–water partition coefficient (Wildman–Crippen LogP) is 5.49.